The topological polar surface area (TPSA) is 79.6 Å². The molecule has 1 aromatic carbocycles. The summed E-state index contributed by atoms with van der Waals surface area (Å²) in [7, 11) is 0. The molecule has 0 aliphatic heterocycles. The molecule has 2 aromatic heterocycles. The Labute approximate surface area is 189 Å². The summed E-state index contributed by atoms with van der Waals surface area (Å²) in [5.74, 6) is -0.961. The number of aryl methyl sites for hydroxylation is 3. The average molecular weight is 461 g/mol. The summed E-state index contributed by atoms with van der Waals surface area (Å²) in [5.41, 5.74) is 2.91. The molecule has 2 amide bonds. The summed E-state index contributed by atoms with van der Waals surface area (Å²) in [4.78, 5) is 31.0. The normalized spacial score (nSPS) is 11.6. The van der Waals surface area contributed by atoms with Gasteiger partial charge in [-0.05, 0) is 51.8 Å². The maximum absolute atomic E-state index is 13.2. The van der Waals surface area contributed by atoms with Crippen LogP contribution in [0.5, 0.6) is 0 Å². The van der Waals surface area contributed by atoms with Gasteiger partial charge in [0.2, 0.25) is 11.8 Å². The Balaban J connectivity index is 1.67. The summed E-state index contributed by atoms with van der Waals surface area (Å²) in [6.07, 6.45) is -4.05. The third kappa shape index (κ3) is 5.50. The van der Waals surface area contributed by atoms with Crippen LogP contribution in [0.2, 0.25) is 0 Å². The first-order valence-electron chi connectivity index (χ1n) is 10.6. The van der Waals surface area contributed by atoms with Crippen molar-refractivity contribution in [1.29, 1.82) is 0 Å². The predicted octanol–water partition coefficient (Wildman–Crippen LogP) is 4.09. The molecule has 0 bridgehead atoms. The van der Waals surface area contributed by atoms with Gasteiger partial charge in [-0.3, -0.25) is 9.59 Å². The molecule has 176 valence electrons. The fraction of sp³-hybridized carbons (Fsp3) is 0.391. The number of nitrogens with one attached hydrogen (secondary N) is 1. The number of carbonyl (C=O) groups is 2. The SMILES string of the molecule is CCN(CC(=O)Nc1ccccc1C(F)(F)F)C(=O)CCc1c(C)nc2cc(C)nn2c1C. The van der Waals surface area contributed by atoms with Crippen LogP contribution in [-0.2, 0) is 22.2 Å². The minimum Gasteiger partial charge on any atom is -0.334 e. The van der Waals surface area contributed by atoms with Gasteiger partial charge in [0.25, 0.3) is 0 Å². The lowest BCUT2D eigenvalue weighted by atomic mass is 10.1. The lowest BCUT2D eigenvalue weighted by molar-refractivity contribution is -0.137. The second kappa shape index (κ2) is 9.60. The van der Waals surface area contributed by atoms with Gasteiger partial charge in [-0.25, -0.2) is 9.50 Å². The molecule has 3 aromatic rings. The highest BCUT2D eigenvalue weighted by Gasteiger charge is 2.33. The molecule has 10 heteroatoms. The van der Waals surface area contributed by atoms with Crippen molar-refractivity contribution < 1.29 is 22.8 Å². The van der Waals surface area contributed by atoms with Crippen LogP contribution < -0.4 is 5.32 Å². The molecular formula is C23H26F3N5O2. The molecule has 3 rings (SSSR count). The van der Waals surface area contributed by atoms with Crippen molar-refractivity contribution in [3.05, 3.63) is 58.5 Å². The molecule has 0 spiro atoms. The minimum absolute atomic E-state index is 0.134. The highest BCUT2D eigenvalue weighted by atomic mass is 19.4. The van der Waals surface area contributed by atoms with Crippen molar-refractivity contribution >= 4 is 23.1 Å². The Kier molecular flexibility index (Phi) is 7.04. The number of para-hydroxylation sites is 1. The molecule has 0 unspecified atom stereocenters. The summed E-state index contributed by atoms with van der Waals surface area (Å²) >= 11 is 0. The van der Waals surface area contributed by atoms with E-state index >= 15 is 0 Å². The number of halogens is 3. The monoisotopic (exact) mass is 461 g/mol. The van der Waals surface area contributed by atoms with E-state index < -0.39 is 17.6 Å². The first-order valence-corrected chi connectivity index (χ1v) is 10.6. The van der Waals surface area contributed by atoms with Crippen LogP contribution in [0.25, 0.3) is 5.65 Å². The van der Waals surface area contributed by atoms with E-state index in [1.54, 1.807) is 11.4 Å². The van der Waals surface area contributed by atoms with E-state index in [1.165, 1.54) is 23.1 Å². The third-order valence-electron chi connectivity index (χ3n) is 5.45. The van der Waals surface area contributed by atoms with Gasteiger partial charge >= 0.3 is 6.18 Å². The Hall–Kier alpha value is -3.43. The van der Waals surface area contributed by atoms with Crippen LogP contribution in [0.3, 0.4) is 0 Å². The number of rotatable bonds is 7. The van der Waals surface area contributed by atoms with Crippen molar-refractivity contribution in [1.82, 2.24) is 19.5 Å². The van der Waals surface area contributed by atoms with Crippen molar-refractivity contribution in [3.8, 4) is 0 Å². The maximum atomic E-state index is 13.2. The largest absolute Gasteiger partial charge is 0.418 e. The van der Waals surface area contributed by atoms with Gasteiger partial charge < -0.3 is 10.2 Å². The molecule has 0 saturated heterocycles. The van der Waals surface area contributed by atoms with Gasteiger partial charge in [-0.1, -0.05) is 12.1 Å². The molecule has 0 atom stereocenters. The fourth-order valence-electron chi connectivity index (χ4n) is 3.77. The maximum Gasteiger partial charge on any atom is 0.418 e. The predicted molar refractivity (Wildman–Crippen MR) is 118 cm³/mol. The van der Waals surface area contributed by atoms with Crippen LogP contribution in [0, 0.1) is 20.8 Å². The molecule has 0 aliphatic carbocycles. The molecule has 7 nitrogen and oxygen atoms in total. The highest BCUT2D eigenvalue weighted by molar-refractivity contribution is 5.95. The summed E-state index contributed by atoms with van der Waals surface area (Å²) in [6, 6.07) is 6.62. The number of benzene rings is 1. The smallest absolute Gasteiger partial charge is 0.334 e. The van der Waals surface area contributed by atoms with Crippen LogP contribution in [0.4, 0.5) is 18.9 Å². The lowest BCUT2D eigenvalue weighted by Gasteiger charge is -2.21. The number of alkyl halides is 3. The zero-order valence-corrected chi connectivity index (χ0v) is 19.0. The number of aromatic nitrogens is 3. The van der Waals surface area contributed by atoms with Gasteiger partial charge in [0.05, 0.1) is 23.5 Å². The summed E-state index contributed by atoms with van der Waals surface area (Å²) in [5, 5.41) is 6.70. The Bertz CT molecular complexity index is 1190. The Morgan fingerprint density at radius 2 is 1.85 bits per heavy atom. The van der Waals surface area contributed by atoms with Gasteiger partial charge in [0, 0.05) is 30.4 Å². The number of nitrogens with zero attached hydrogens (tertiary/aromatic N) is 4. The van der Waals surface area contributed by atoms with E-state index in [0.717, 1.165) is 34.4 Å². The number of hydrogen-bond acceptors (Lipinski definition) is 4. The summed E-state index contributed by atoms with van der Waals surface area (Å²) in [6.45, 7) is 7.29. The van der Waals surface area contributed by atoms with Crippen LogP contribution in [-0.4, -0.2) is 44.4 Å². The highest BCUT2D eigenvalue weighted by Crippen LogP contribution is 2.34. The van der Waals surface area contributed by atoms with Crippen molar-refractivity contribution in [2.24, 2.45) is 0 Å². The van der Waals surface area contributed by atoms with E-state index in [2.05, 4.69) is 15.4 Å². The average Bonchev–Trinajstić information content (AvgIpc) is 3.11. The van der Waals surface area contributed by atoms with E-state index in [9.17, 15) is 22.8 Å². The molecule has 2 heterocycles. The van der Waals surface area contributed by atoms with Crippen LogP contribution >= 0.6 is 0 Å². The molecule has 0 fully saturated rings. The number of hydrogen-bond donors (Lipinski definition) is 1. The van der Waals surface area contributed by atoms with Gasteiger partial charge in [-0.2, -0.15) is 18.3 Å². The molecule has 33 heavy (non-hydrogen) atoms. The standard InChI is InChI=1S/C23H26F3N5O2/c1-5-30(13-21(32)28-19-9-7-6-8-18(19)23(24,25)26)22(33)11-10-17-15(3)27-20-12-14(2)29-31(20)16(17)4/h6-9,12H,5,10-11,13H2,1-4H3,(H,28,32). The number of fused-ring (bicyclic) bond motifs is 1. The first kappa shape index (κ1) is 24.2. The van der Waals surface area contributed by atoms with E-state index in [-0.39, 0.29) is 31.1 Å². The molecule has 0 radical (unpaired) electrons. The van der Waals surface area contributed by atoms with Crippen LogP contribution in [0.15, 0.2) is 30.3 Å². The third-order valence-corrected chi connectivity index (χ3v) is 5.45. The zero-order chi connectivity index (χ0) is 24.3. The zero-order valence-electron chi connectivity index (χ0n) is 19.0. The number of amides is 2. The minimum atomic E-state index is -4.60. The molecular weight excluding hydrogens is 435 g/mol. The summed E-state index contributed by atoms with van der Waals surface area (Å²) < 4.78 is 41.2. The number of carbonyl (C=O) groups excluding carboxylic acids is 2. The van der Waals surface area contributed by atoms with Gasteiger partial charge in [0.15, 0.2) is 5.65 Å². The van der Waals surface area contributed by atoms with Crippen molar-refractivity contribution in [3.63, 3.8) is 0 Å². The number of likely N-dealkylation sites (N-methyl/N-ethyl adjacent to an activating group) is 1. The van der Waals surface area contributed by atoms with Gasteiger partial charge in [-0.15, -0.1) is 0 Å². The Morgan fingerprint density at radius 1 is 1.15 bits per heavy atom. The second-order valence-corrected chi connectivity index (χ2v) is 7.82. The fourth-order valence-corrected chi connectivity index (χ4v) is 3.77. The van der Waals surface area contributed by atoms with Gasteiger partial charge in [0.1, 0.15) is 0 Å². The van der Waals surface area contributed by atoms with E-state index in [1.807, 2.05) is 26.8 Å². The first-order chi connectivity index (χ1) is 15.5. The van der Waals surface area contributed by atoms with E-state index in [0.29, 0.717) is 6.42 Å². The Morgan fingerprint density at radius 3 is 2.52 bits per heavy atom. The molecule has 0 saturated carbocycles. The lowest BCUT2D eigenvalue weighted by Crippen LogP contribution is -2.38. The molecule has 1 N–H and O–H groups in total. The quantitative estimate of drug-likeness (QED) is 0.575. The van der Waals surface area contributed by atoms with E-state index in [4.69, 9.17) is 0 Å². The van der Waals surface area contributed by atoms with Crippen LogP contribution in [0.1, 0.15) is 41.6 Å². The second-order valence-electron chi connectivity index (χ2n) is 7.82. The molecule has 0 aliphatic rings. The van der Waals surface area contributed by atoms with Crippen molar-refractivity contribution in [2.45, 2.75) is 46.7 Å². The number of anilines is 1. The van der Waals surface area contributed by atoms with Crippen molar-refractivity contribution in [2.75, 3.05) is 18.4 Å².